The molecule has 0 aliphatic carbocycles. The maximum atomic E-state index is 10.6. The Balaban J connectivity index is 2.22. The number of fused-ring (bicyclic) bond motifs is 1. The summed E-state index contributed by atoms with van der Waals surface area (Å²) in [5, 5.41) is 44.1. The monoisotopic (exact) mass is 366 g/mol. The molecule has 1 aliphatic rings. The maximum Gasteiger partial charge on any atom is 0.167 e. The smallest absolute Gasteiger partial charge is 0.167 e. The van der Waals surface area contributed by atoms with Crippen molar-refractivity contribution in [3.8, 4) is 0 Å². The molecule has 3 rings (SSSR count). The molecule has 0 radical (unpaired) electrons. The third-order valence-corrected chi connectivity index (χ3v) is 4.54. The SMILES string of the molecule is C[C@@]1(N=[N+]=[N-])[C@H](O)[C@@H](O)[C@H](O)[C@@H](CO)O[C@H]1n1cnc2c(N)ncnc21. The molecule has 6 atom stereocenters. The first-order valence-electron chi connectivity index (χ1n) is 7.65. The van der Waals surface area contributed by atoms with Gasteiger partial charge in [-0.2, -0.15) is 0 Å². The Bertz CT molecular complexity index is 854. The van der Waals surface area contributed by atoms with Crippen LogP contribution < -0.4 is 5.73 Å². The Morgan fingerprint density at radius 3 is 2.73 bits per heavy atom. The Morgan fingerprint density at radius 1 is 1.35 bits per heavy atom. The number of ether oxygens (including phenoxy) is 1. The van der Waals surface area contributed by atoms with Crippen molar-refractivity contribution in [1.82, 2.24) is 19.5 Å². The maximum absolute atomic E-state index is 10.6. The van der Waals surface area contributed by atoms with E-state index in [2.05, 4.69) is 25.0 Å². The van der Waals surface area contributed by atoms with E-state index in [-0.39, 0.29) is 17.0 Å². The van der Waals surface area contributed by atoms with Gasteiger partial charge in [0.05, 0.1) is 19.0 Å². The highest BCUT2D eigenvalue weighted by molar-refractivity contribution is 5.81. The van der Waals surface area contributed by atoms with Gasteiger partial charge in [-0.3, -0.25) is 4.57 Å². The molecule has 0 aromatic carbocycles. The molecule has 0 saturated carbocycles. The Labute approximate surface area is 146 Å². The van der Waals surface area contributed by atoms with Crippen molar-refractivity contribution in [3.63, 3.8) is 0 Å². The van der Waals surface area contributed by atoms with E-state index in [1.165, 1.54) is 24.1 Å². The van der Waals surface area contributed by atoms with Gasteiger partial charge in [-0.15, -0.1) is 0 Å². The molecule has 6 N–H and O–H groups in total. The van der Waals surface area contributed by atoms with E-state index in [0.717, 1.165) is 0 Å². The summed E-state index contributed by atoms with van der Waals surface area (Å²) in [6.07, 6.45) is -5.12. The Hall–Kier alpha value is -2.54. The van der Waals surface area contributed by atoms with Crippen molar-refractivity contribution >= 4 is 17.0 Å². The van der Waals surface area contributed by atoms with Gasteiger partial charge in [0.1, 0.15) is 35.7 Å². The first kappa shape index (κ1) is 18.3. The third kappa shape index (κ3) is 2.63. The minimum atomic E-state index is -1.77. The van der Waals surface area contributed by atoms with Gasteiger partial charge in [0.25, 0.3) is 0 Å². The molecule has 140 valence electrons. The van der Waals surface area contributed by atoms with Gasteiger partial charge in [-0.25, -0.2) is 15.0 Å². The van der Waals surface area contributed by atoms with Gasteiger partial charge in [-0.05, 0) is 12.5 Å². The third-order valence-electron chi connectivity index (χ3n) is 4.54. The first-order valence-corrected chi connectivity index (χ1v) is 7.65. The highest BCUT2D eigenvalue weighted by atomic mass is 16.5. The number of hydrogen-bond acceptors (Lipinski definition) is 10. The molecule has 1 aliphatic heterocycles. The molecule has 0 unspecified atom stereocenters. The zero-order valence-electron chi connectivity index (χ0n) is 13.7. The largest absolute Gasteiger partial charge is 0.394 e. The fraction of sp³-hybridized carbons (Fsp3) is 0.615. The predicted octanol–water partition coefficient (Wildman–Crippen LogP) is -1.55. The number of nitrogens with two attached hydrogens (primary N) is 1. The van der Waals surface area contributed by atoms with Gasteiger partial charge in [0.15, 0.2) is 17.7 Å². The summed E-state index contributed by atoms with van der Waals surface area (Å²) in [6, 6.07) is 0. The van der Waals surface area contributed by atoms with Gasteiger partial charge in [-0.1, -0.05) is 5.11 Å². The molecular formula is C13H18N8O5. The van der Waals surface area contributed by atoms with Gasteiger partial charge < -0.3 is 30.9 Å². The van der Waals surface area contributed by atoms with Crippen molar-refractivity contribution in [3.05, 3.63) is 23.1 Å². The van der Waals surface area contributed by atoms with Crippen LogP contribution in [0.5, 0.6) is 0 Å². The van der Waals surface area contributed by atoms with Crippen LogP contribution in [0.3, 0.4) is 0 Å². The molecule has 0 bridgehead atoms. The van der Waals surface area contributed by atoms with Crippen molar-refractivity contribution in [1.29, 1.82) is 0 Å². The zero-order valence-corrected chi connectivity index (χ0v) is 13.7. The Morgan fingerprint density at radius 2 is 2.08 bits per heavy atom. The van der Waals surface area contributed by atoms with Gasteiger partial charge in [0, 0.05) is 4.91 Å². The van der Waals surface area contributed by atoms with Crippen LogP contribution >= 0.6 is 0 Å². The average molecular weight is 366 g/mol. The predicted molar refractivity (Wildman–Crippen MR) is 86.3 cm³/mol. The van der Waals surface area contributed by atoms with Crippen molar-refractivity contribution in [2.75, 3.05) is 12.3 Å². The quantitative estimate of drug-likeness (QED) is 0.241. The van der Waals surface area contributed by atoms with E-state index in [4.69, 9.17) is 16.0 Å². The zero-order chi connectivity index (χ0) is 19.1. The summed E-state index contributed by atoms with van der Waals surface area (Å²) in [7, 11) is 0. The van der Waals surface area contributed by atoms with E-state index in [9.17, 15) is 20.4 Å². The number of azide groups is 1. The van der Waals surface area contributed by atoms with E-state index in [1.54, 1.807) is 0 Å². The lowest BCUT2D eigenvalue weighted by Gasteiger charge is -2.36. The lowest BCUT2D eigenvalue weighted by atomic mass is 9.88. The molecule has 13 heteroatoms. The van der Waals surface area contributed by atoms with Gasteiger partial charge >= 0.3 is 0 Å². The molecule has 13 nitrogen and oxygen atoms in total. The van der Waals surface area contributed by atoms with Crippen LogP contribution in [0.15, 0.2) is 17.8 Å². The van der Waals surface area contributed by atoms with E-state index in [1.807, 2.05) is 0 Å². The number of anilines is 1. The normalized spacial score (nSPS) is 35.0. The van der Waals surface area contributed by atoms with Crippen LogP contribution in [-0.2, 0) is 4.74 Å². The summed E-state index contributed by atoms with van der Waals surface area (Å²) in [6.45, 7) is 0.686. The number of imidazole rings is 1. The summed E-state index contributed by atoms with van der Waals surface area (Å²) < 4.78 is 7.04. The highest BCUT2D eigenvalue weighted by Crippen LogP contribution is 2.39. The van der Waals surface area contributed by atoms with E-state index < -0.39 is 42.8 Å². The molecule has 0 spiro atoms. The molecule has 26 heavy (non-hydrogen) atoms. The molecular weight excluding hydrogens is 348 g/mol. The summed E-state index contributed by atoms with van der Waals surface area (Å²) in [5.41, 5.74) is 13.4. The molecule has 2 aromatic heterocycles. The standard InChI is InChI=1S/C13H18N8O5/c1-13(19-20-15)9(25)8(24)7(23)5(2-22)26-12(13)21-4-18-6-10(14)16-3-17-11(6)21/h3-5,7-9,12,22-25H,2H2,1H3,(H2,14,16,17)/t5-,7-,8+,9-,12-,13-/m1/s1. The minimum absolute atomic E-state index is 0.104. The summed E-state index contributed by atoms with van der Waals surface area (Å²) >= 11 is 0. The molecule has 1 saturated heterocycles. The van der Waals surface area contributed by atoms with Crippen LogP contribution in [0.4, 0.5) is 5.82 Å². The molecule has 1 fully saturated rings. The first-order chi connectivity index (χ1) is 12.3. The Kier molecular flexibility index (Phi) is 4.66. The number of nitrogen functional groups attached to an aromatic ring is 1. The second-order valence-corrected chi connectivity index (χ2v) is 6.13. The number of aromatic nitrogens is 4. The van der Waals surface area contributed by atoms with Crippen LogP contribution in [0, 0.1) is 0 Å². The number of nitrogens with zero attached hydrogens (tertiary/aromatic N) is 7. The molecule has 0 amide bonds. The van der Waals surface area contributed by atoms with Crippen LogP contribution in [0.25, 0.3) is 21.6 Å². The fourth-order valence-corrected chi connectivity index (χ4v) is 3.03. The van der Waals surface area contributed by atoms with Crippen molar-refractivity contribution in [2.24, 2.45) is 5.11 Å². The minimum Gasteiger partial charge on any atom is -0.394 e. The van der Waals surface area contributed by atoms with Crippen molar-refractivity contribution < 1.29 is 25.2 Å². The van der Waals surface area contributed by atoms with E-state index >= 15 is 0 Å². The van der Waals surface area contributed by atoms with Crippen LogP contribution in [-0.4, -0.2) is 76.5 Å². The fourth-order valence-electron chi connectivity index (χ4n) is 3.03. The second kappa shape index (κ2) is 6.64. The van der Waals surface area contributed by atoms with Crippen LogP contribution in [0.1, 0.15) is 13.2 Å². The summed E-state index contributed by atoms with van der Waals surface area (Å²) in [4.78, 5) is 14.7. The van der Waals surface area contributed by atoms with E-state index in [0.29, 0.717) is 0 Å². The molecule has 3 heterocycles. The lowest BCUT2D eigenvalue weighted by molar-refractivity contribution is -0.137. The number of hydrogen-bond donors (Lipinski definition) is 5. The molecule has 2 aromatic rings. The van der Waals surface area contributed by atoms with Crippen molar-refractivity contribution in [2.45, 2.75) is 43.1 Å². The number of rotatable bonds is 3. The topological polar surface area (TPSA) is 209 Å². The number of aliphatic hydroxyl groups is 4. The van der Waals surface area contributed by atoms with Gasteiger partial charge in [0.2, 0.25) is 0 Å². The lowest BCUT2D eigenvalue weighted by Crippen LogP contribution is -2.52. The van der Waals surface area contributed by atoms with Crippen LogP contribution in [0.2, 0.25) is 0 Å². The highest BCUT2D eigenvalue weighted by Gasteiger charge is 2.53. The average Bonchev–Trinajstić information content (AvgIpc) is 3.03. The second-order valence-electron chi connectivity index (χ2n) is 6.13. The summed E-state index contributed by atoms with van der Waals surface area (Å²) in [5.74, 6) is 0.104. The number of aliphatic hydroxyl groups excluding tert-OH is 4.